The number of urea groups is 1. The molecule has 0 unspecified atom stereocenters. The van der Waals surface area contributed by atoms with Crippen molar-refractivity contribution < 1.29 is 22.7 Å². The van der Waals surface area contributed by atoms with Crippen LogP contribution in [0.15, 0.2) is 41.3 Å². The minimum atomic E-state index is -3.91. The molecule has 0 radical (unpaired) electrons. The Labute approximate surface area is 175 Å². The van der Waals surface area contributed by atoms with Gasteiger partial charge in [0.2, 0.25) is 0 Å². The standard InChI is InChI=1S/C19H24ClN3O5S/c1-12(2)11-21-19(24)22-13-5-7-14(8-6-13)29(25,26)23-16-10-17(27-3)15(20)9-18(16)28-4/h5-10,12,23H,11H2,1-4H3,(H2,21,22,24). The van der Waals surface area contributed by atoms with E-state index in [1.807, 2.05) is 13.8 Å². The lowest BCUT2D eigenvalue weighted by Gasteiger charge is -2.14. The minimum Gasteiger partial charge on any atom is -0.495 e. The molecule has 0 saturated heterocycles. The van der Waals surface area contributed by atoms with Gasteiger partial charge in [0.15, 0.2) is 0 Å². The fourth-order valence-electron chi connectivity index (χ4n) is 2.33. The topological polar surface area (TPSA) is 106 Å². The van der Waals surface area contributed by atoms with Crippen LogP contribution in [0.4, 0.5) is 16.2 Å². The molecule has 2 rings (SSSR count). The van der Waals surface area contributed by atoms with Crippen molar-refractivity contribution in [2.45, 2.75) is 18.7 Å². The fraction of sp³-hybridized carbons (Fsp3) is 0.316. The lowest BCUT2D eigenvalue weighted by molar-refractivity contribution is 0.251. The first-order valence-corrected chi connectivity index (χ1v) is 10.6. The number of carbonyl (C=O) groups is 1. The summed E-state index contributed by atoms with van der Waals surface area (Å²) < 4.78 is 38.2. The summed E-state index contributed by atoms with van der Waals surface area (Å²) in [5.74, 6) is 0.874. The number of nitrogens with one attached hydrogen (secondary N) is 3. The maximum absolute atomic E-state index is 12.7. The third-order valence-electron chi connectivity index (χ3n) is 3.81. The largest absolute Gasteiger partial charge is 0.495 e. The number of carbonyl (C=O) groups excluding carboxylic acids is 1. The highest BCUT2D eigenvalue weighted by Crippen LogP contribution is 2.36. The zero-order chi connectivity index (χ0) is 21.6. The Kier molecular flexibility index (Phi) is 7.58. The summed E-state index contributed by atoms with van der Waals surface area (Å²) in [5.41, 5.74) is 0.653. The summed E-state index contributed by atoms with van der Waals surface area (Å²) in [4.78, 5) is 11.8. The highest BCUT2D eigenvalue weighted by molar-refractivity contribution is 7.92. The molecule has 0 atom stereocenters. The highest BCUT2D eigenvalue weighted by Gasteiger charge is 2.19. The van der Waals surface area contributed by atoms with Crippen molar-refractivity contribution in [3.63, 3.8) is 0 Å². The van der Waals surface area contributed by atoms with E-state index in [4.69, 9.17) is 21.1 Å². The quantitative estimate of drug-likeness (QED) is 0.575. The third kappa shape index (κ3) is 6.16. The van der Waals surface area contributed by atoms with Crippen molar-refractivity contribution in [2.75, 3.05) is 30.8 Å². The molecule has 2 aromatic carbocycles. The summed E-state index contributed by atoms with van der Waals surface area (Å²) in [6.07, 6.45) is 0. The van der Waals surface area contributed by atoms with E-state index in [0.29, 0.717) is 28.9 Å². The number of rotatable bonds is 8. The van der Waals surface area contributed by atoms with Crippen LogP contribution < -0.4 is 24.8 Å². The van der Waals surface area contributed by atoms with Gasteiger partial charge in [0, 0.05) is 24.4 Å². The molecule has 3 N–H and O–H groups in total. The average molecular weight is 442 g/mol. The van der Waals surface area contributed by atoms with Crippen molar-refractivity contribution in [3.05, 3.63) is 41.4 Å². The van der Waals surface area contributed by atoms with Gasteiger partial charge in [-0.15, -0.1) is 0 Å². The molecule has 8 nitrogen and oxygen atoms in total. The average Bonchev–Trinajstić information content (AvgIpc) is 2.67. The predicted molar refractivity (Wildman–Crippen MR) is 114 cm³/mol. The van der Waals surface area contributed by atoms with Crippen molar-refractivity contribution in [1.82, 2.24) is 5.32 Å². The molecule has 0 bridgehead atoms. The van der Waals surface area contributed by atoms with Crippen LogP contribution in [0.3, 0.4) is 0 Å². The first-order valence-electron chi connectivity index (χ1n) is 8.75. The van der Waals surface area contributed by atoms with Crippen LogP contribution in [0.5, 0.6) is 11.5 Å². The zero-order valence-corrected chi connectivity index (χ0v) is 18.1. The second-order valence-corrected chi connectivity index (χ2v) is 8.64. The highest BCUT2D eigenvalue weighted by atomic mass is 35.5. The predicted octanol–water partition coefficient (Wildman–Crippen LogP) is 3.94. The number of hydrogen-bond donors (Lipinski definition) is 3. The molecule has 158 valence electrons. The summed E-state index contributed by atoms with van der Waals surface area (Å²) in [5, 5.41) is 5.66. The molecule has 0 saturated carbocycles. The van der Waals surface area contributed by atoms with Crippen LogP contribution in [0, 0.1) is 5.92 Å². The molecule has 0 spiro atoms. The van der Waals surface area contributed by atoms with Gasteiger partial charge in [-0.2, -0.15) is 0 Å². The SMILES string of the molecule is COc1cc(NS(=O)(=O)c2ccc(NC(=O)NCC(C)C)cc2)c(OC)cc1Cl. The molecule has 0 aliphatic carbocycles. The van der Waals surface area contributed by atoms with Crippen LogP contribution in [0.25, 0.3) is 0 Å². The van der Waals surface area contributed by atoms with Gasteiger partial charge in [-0.1, -0.05) is 25.4 Å². The van der Waals surface area contributed by atoms with Crippen molar-refractivity contribution >= 4 is 39.0 Å². The number of halogens is 1. The Bertz CT molecular complexity index is 963. The van der Waals surface area contributed by atoms with Gasteiger partial charge in [0.25, 0.3) is 10.0 Å². The van der Waals surface area contributed by atoms with Gasteiger partial charge in [-0.05, 0) is 30.2 Å². The van der Waals surface area contributed by atoms with Crippen LogP contribution in [0.1, 0.15) is 13.8 Å². The van der Waals surface area contributed by atoms with E-state index in [0.717, 1.165) is 0 Å². The van der Waals surface area contributed by atoms with E-state index in [9.17, 15) is 13.2 Å². The van der Waals surface area contributed by atoms with Gasteiger partial charge >= 0.3 is 6.03 Å². The van der Waals surface area contributed by atoms with E-state index < -0.39 is 10.0 Å². The van der Waals surface area contributed by atoms with E-state index in [1.54, 1.807) is 0 Å². The molecule has 10 heteroatoms. The zero-order valence-electron chi connectivity index (χ0n) is 16.6. The Morgan fingerprint density at radius 1 is 1.07 bits per heavy atom. The van der Waals surface area contributed by atoms with E-state index in [-0.39, 0.29) is 22.4 Å². The van der Waals surface area contributed by atoms with Gasteiger partial charge in [-0.25, -0.2) is 13.2 Å². The molecule has 0 aliphatic heterocycles. The van der Waals surface area contributed by atoms with E-state index >= 15 is 0 Å². The first kappa shape index (κ1) is 22.6. The number of methoxy groups -OCH3 is 2. The Balaban J connectivity index is 2.17. The maximum Gasteiger partial charge on any atom is 0.319 e. The molecule has 2 amide bonds. The van der Waals surface area contributed by atoms with Gasteiger partial charge in [0.1, 0.15) is 11.5 Å². The number of sulfonamides is 1. The smallest absolute Gasteiger partial charge is 0.319 e. The first-order chi connectivity index (χ1) is 13.7. The number of ether oxygens (including phenoxy) is 2. The molecule has 0 aromatic heterocycles. The molecular weight excluding hydrogens is 418 g/mol. The number of anilines is 2. The second kappa shape index (κ2) is 9.71. The molecule has 0 heterocycles. The summed E-state index contributed by atoms with van der Waals surface area (Å²) >= 11 is 6.05. The van der Waals surface area contributed by atoms with Crippen molar-refractivity contribution in [2.24, 2.45) is 5.92 Å². The van der Waals surface area contributed by atoms with Crippen LogP contribution in [-0.4, -0.2) is 35.2 Å². The third-order valence-corrected chi connectivity index (χ3v) is 5.49. The summed E-state index contributed by atoms with van der Waals surface area (Å²) in [6, 6.07) is 8.33. The van der Waals surface area contributed by atoms with E-state index in [1.165, 1.54) is 50.6 Å². The fourth-order valence-corrected chi connectivity index (χ4v) is 3.63. The molecular formula is C19H24ClN3O5S. The van der Waals surface area contributed by atoms with Gasteiger partial charge in [-0.3, -0.25) is 4.72 Å². The molecule has 2 aromatic rings. The molecule has 0 aliphatic rings. The van der Waals surface area contributed by atoms with Crippen LogP contribution >= 0.6 is 11.6 Å². The van der Waals surface area contributed by atoms with Crippen molar-refractivity contribution in [3.8, 4) is 11.5 Å². The second-order valence-electron chi connectivity index (χ2n) is 6.55. The lowest BCUT2D eigenvalue weighted by Crippen LogP contribution is -2.31. The van der Waals surface area contributed by atoms with E-state index in [2.05, 4.69) is 15.4 Å². The lowest BCUT2D eigenvalue weighted by atomic mass is 10.2. The minimum absolute atomic E-state index is 0.0154. The summed E-state index contributed by atoms with van der Waals surface area (Å²) in [7, 11) is -1.08. The van der Waals surface area contributed by atoms with Crippen molar-refractivity contribution in [1.29, 1.82) is 0 Å². The normalized spacial score (nSPS) is 11.1. The Morgan fingerprint density at radius 2 is 1.69 bits per heavy atom. The number of benzene rings is 2. The van der Waals surface area contributed by atoms with Gasteiger partial charge in [0.05, 0.1) is 29.8 Å². The number of amides is 2. The van der Waals surface area contributed by atoms with Crippen LogP contribution in [0.2, 0.25) is 5.02 Å². The summed E-state index contributed by atoms with van der Waals surface area (Å²) in [6.45, 7) is 4.50. The Morgan fingerprint density at radius 3 is 2.24 bits per heavy atom. The van der Waals surface area contributed by atoms with Gasteiger partial charge < -0.3 is 20.1 Å². The molecule has 29 heavy (non-hydrogen) atoms. The molecule has 0 fully saturated rings. The van der Waals surface area contributed by atoms with Crippen LogP contribution in [-0.2, 0) is 10.0 Å². The monoisotopic (exact) mass is 441 g/mol. The maximum atomic E-state index is 12.7. The Hall–Kier alpha value is -2.65. The number of hydrogen-bond acceptors (Lipinski definition) is 5.